The fourth-order valence-electron chi connectivity index (χ4n) is 5.73. The molecule has 1 aliphatic heterocycles. The van der Waals surface area contributed by atoms with Gasteiger partial charge in [-0.15, -0.1) is 0 Å². The van der Waals surface area contributed by atoms with Gasteiger partial charge in [0.2, 0.25) is 16.0 Å². The lowest BCUT2D eigenvalue weighted by molar-refractivity contribution is 0.248. The second-order valence-electron chi connectivity index (χ2n) is 11.4. The van der Waals surface area contributed by atoms with Gasteiger partial charge in [-0.1, -0.05) is 29.8 Å². The van der Waals surface area contributed by atoms with Gasteiger partial charge in [-0.05, 0) is 92.3 Å². The molecule has 0 spiro atoms. The van der Waals surface area contributed by atoms with E-state index in [0.29, 0.717) is 23.5 Å². The van der Waals surface area contributed by atoms with E-state index in [1.54, 1.807) is 47.9 Å². The average molecular weight is 599 g/mol. The van der Waals surface area contributed by atoms with Crippen molar-refractivity contribution < 1.29 is 13.2 Å². The number of benzene rings is 3. The monoisotopic (exact) mass is 598 g/mol. The van der Waals surface area contributed by atoms with Crippen molar-refractivity contribution in [2.75, 3.05) is 24.3 Å². The first kappa shape index (κ1) is 29.1. The van der Waals surface area contributed by atoms with Crippen LogP contribution in [-0.2, 0) is 23.0 Å². The Kier molecular flexibility index (Phi) is 8.60. The molecule has 6 rings (SSSR count). The first-order valence-electron chi connectivity index (χ1n) is 14.8. The second-order valence-corrected chi connectivity index (χ2v) is 13.4. The standard InChI is InChI=1S/C33H38N6O3S/c1-23-3-6-27(7-4-23)36-32-17-19-34-33(38-32)37-28-10-14-30(15-11-28)43(40,41)39(2)29-12-8-26(9-13-29)35-22-24-5-16-31-25(21-24)18-20-42-31/h3-7,10-11,14-17,19,21,26,29,35H,8-9,12-13,18,20,22H2,1-2H3,(H2,34,36,37,38). The van der Waals surface area contributed by atoms with Crippen molar-refractivity contribution in [1.82, 2.24) is 19.6 Å². The lowest BCUT2D eigenvalue weighted by Gasteiger charge is -2.34. The number of hydrogen-bond acceptors (Lipinski definition) is 8. The fourth-order valence-corrected chi connectivity index (χ4v) is 7.15. The van der Waals surface area contributed by atoms with Crippen LogP contribution in [0.2, 0.25) is 0 Å². The summed E-state index contributed by atoms with van der Waals surface area (Å²) >= 11 is 0. The van der Waals surface area contributed by atoms with Crippen LogP contribution in [0.15, 0.2) is 83.9 Å². The Bertz CT molecular complexity index is 1650. The number of ether oxygens (including phenoxy) is 1. The highest BCUT2D eigenvalue weighted by molar-refractivity contribution is 7.89. The number of rotatable bonds is 10. The molecular formula is C33H38N6O3S. The average Bonchev–Trinajstić information content (AvgIpc) is 3.50. The number of anilines is 4. The molecule has 0 unspecified atom stereocenters. The number of aromatic nitrogens is 2. The summed E-state index contributed by atoms with van der Waals surface area (Å²) in [5, 5.41) is 10.1. The molecule has 4 aromatic rings. The summed E-state index contributed by atoms with van der Waals surface area (Å²) in [5.41, 5.74) is 5.38. The predicted molar refractivity (Wildman–Crippen MR) is 170 cm³/mol. The van der Waals surface area contributed by atoms with Gasteiger partial charge < -0.3 is 20.7 Å². The van der Waals surface area contributed by atoms with Crippen molar-refractivity contribution in [3.8, 4) is 5.75 Å². The molecule has 1 aliphatic carbocycles. The van der Waals surface area contributed by atoms with Crippen molar-refractivity contribution in [2.45, 2.75) is 62.6 Å². The van der Waals surface area contributed by atoms with Gasteiger partial charge in [-0.3, -0.25) is 0 Å². The Labute approximate surface area is 253 Å². The summed E-state index contributed by atoms with van der Waals surface area (Å²) in [6, 6.07) is 23.4. The lowest BCUT2D eigenvalue weighted by Crippen LogP contribution is -2.43. The molecule has 1 fully saturated rings. The SMILES string of the molecule is Cc1ccc(Nc2ccnc(Nc3ccc(S(=O)(=O)N(C)C4CCC(NCc5ccc6c(c5)CCO6)CC4)cc3)n2)cc1. The molecule has 1 saturated carbocycles. The third-order valence-corrected chi connectivity index (χ3v) is 10.3. The molecule has 3 N–H and O–H groups in total. The van der Waals surface area contributed by atoms with E-state index < -0.39 is 10.0 Å². The minimum Gasteiger partial charge on any atom is -0.493 e. The Morgan fingerprint density at radius 2 is 1.63 bits per heavy atom. The molecule has 0 bridgehead atoms. The number of fused-ring (bicyclic) bond motifs is 1. The Balaban J connectivity index is 1.01. The summed E-state index contributed by atoms with van der Waals surface area (Å²) in [6.07, 6.45) is 6.19. The molecule has 0 radical (unpaired) electrons. The van der Waals surface area contributed by atoms with Crippen LogP contribution in [0.3, 0.4) is 0 Å². The smallest absolute Gasteiger partial charge is 0.243 e. The zero-order valence-corrected chi connectivity index (χ0v) is 25.4. The Morgan fingerprint density at radius 1 is 0.907 bits per heavy atom. The number of nitrogens with one attached hydrogen (secondary N) is 3. The topological polar surface area (TPSA) is 108 Å². The molecular weight excluding hydrogens is 560 g/mol. The van der Waals surface area contributed by atoms with E-state index in [0.717, 1.165) is 56.7 Å². The van der Waals surface area contributed by atoms with Gasteiger partial charge in [0.1, 0.15) is 11.6 Å². The maximum absolute atomic E-state index is 13.5. The van der Waals surface area contributed by atoms with E-state index in [4.69, 9.17) is 4.74 Å². The molecule has 0 amide bonds. The van der Waals surface area contributed by atoms with Crippen molar-refractivity contribution in [3.05, 3.63) is 95.7 Å². The number of nitrogens with zero attached hydrogens (tertiary/aromatic N) is 3. The summed E-state index contributed by atoms with van der Waals surface area (Å²) < 4.78 is 34.1. The first-order valence-corrected chi connectivity index (χ1v) is 16.3. The predicted octanol–water partition coefficient (Wildman–Crippen LogP) is 5.93. The molecule has 9 nitrogen and oxygen atoms in total. The van der Waals surface area contributed by atoms with Crippen molar-refractivity contribution in [2.24, 2.45) is 0 Å². The maximum Gasteiger partial charge on any atom is 0.243 e. The third-order valence-electron chi connectivity index (χ3n) is 8.33. The molecule has 0 saturated heterocycles. The van der Waals surface area contributed by atoms with E-state index in [-0.39, 0.29) is 10.9 Å². The van der Waals surface area contributed by atoms with E-state index in [2.05, 4.69) is 44.1 Å². The van der Waals surface area contributed by atoms with Crippen LogP contribution in [0, 0.1) is 6.92 Å². The summed E-state index contributed by atoms with van der Waals surface area (Å²) in [7, 11) is -1.92. The van der Waals surface area contributed by atoms with E-state index in [1.165, 1.54) is 16.7 Å². The van der Waals surface area contributed by atoms with Crippen molar-refractivity contribution >= 4 is 33.2 Å². The second kappa shape index (κ2) is 12.7. The number of sulfonamides is 1. The molecule has 224 valence electrons. The Morgan fingerprint density at radius 3 is 2.40 bits per heavy atom. The molecule has 43 heavy (non-hydrogen) atoms. The molecule has 2 heterocycles. The van der Waals surface area contributed by atoms with Gasteiger partial charge in [-0.25, -0.2) is 13.4 Å². The summed E-state index contributed by atoms with van der Waals surface area (Å²) in [6.45, 7) is 3.63. The third kappa shape index (κ3) is 6.98. The maximum atomic E-state index is 13.5. The lowest BCUT2D eigenvalue weighted by atomic mass is 9.91. The number of aryl methyl sites for hydroxylation is 1. The van der Waals surface area contributed by atoms with Crippen LogP contribution >= 0.6 is 0 Å². The van der Waals surface area contributed by atoms with E-state index in [9.17, 15) is 8.42 Å². The quantitative estimate of drug-likeness (QED) is 0.206. The van der Waals surface area contributed by atoms with Crippen LogP contribution in [0.25, 0.3) is 0 Å². The molecule has 2 aliphatic rings. The van der Waals surface area contributed by atoms with E-state index in [1.807, 2.05) is 31.2 Å². The number of hydrogen-bond donors (Lipinski definition) is 3. The van der Waals surface area contributed by atoms with Gasteiger partial charge in [0, 0.05) is 49.7 Å². The van der Waals surface area contributed by atoms with Crippen LogP contribution in [0.4, 0.5) is 23.1 Å². The van der Waals surface area contributed by atoms with Gasteiger partial charge in [0.05, 0.1) is 11.5 Å². The van der Waals surface area contributed by atoms with Crippen LogP contribution < -0.4 is 20.7 Å². The molecule has 3 aromatic carbocycles. The van der Waals surface area contributed by atoms with Crippen LogP contribution in [0.1, 0.15) is 42.4 Å². The van der Waals surface area contributed by atoms with Gasteiger partial charge in [0.25, 0.3) is 0 Å². The minimum atomic E-state index is -3.62. The van der Waals surface area contributed by atoms with Gasteiger partial charge in [-0.2, -0.15) is 9.29 Å². The largest absolute Gasteiger partial charge is 0.493 e. The van der Waals surface area contributed by atoms with Crippen molar-refractivity contribution in [1.29, 1.82) is 0 Å². The van der Waals surface area contributed by atoms with Gasteiger partial charge >= 0.3 is 0 Å². The highest BCUT2D eigenvalue weighted by Gasteiger charge is 2.31. The zero-order chi connectivity index (χ0) is 29.8. The van der Waals surface area contributed by atoms with Crippen LogP contribution in [-0.4, -0.2) is 48.4 Å². The van der Waals surface area contributed by atoms with Crippen LogP contribution in [0.5, 0.6) is 5.75 Å². The first-order chi connectivity index (χ1) is 20.8. The zero-order valence-electron chi connectivity index (χ0n) is 24.6. The minimum absolute atomic E-state index is 0.0184. The molecule has 1 aromatic heterocycles. The normalized spacial score (nSPS) is 18.2. The summed E-state index contributed by atoms with van der Waals surface area (Å²) in [5.74, 6) is 2.08. The molecule has 0 atom stereocenters. The highest BCUT2D eigenvalue weighted by Crippen LogP contribution is 2.29. The fraction of sp³-hybridized carbons (Fsp3) is 0.333. The van der Waals surface area contributed by atoms with Gasteiger partial charge in [0.15, 0.2) is 0 Å². The highest BCUT2D eigenvalue weighted by atomic mass is 32.2. The summed E-state index contributed by atoms with van der Waals surface area (Å²) in [4.78, 5) is 9.10. The van der Waals surface area contributed by atoms with E-state index >= 15 is 0 Å². The molecule has 10 heteroatoms. The van der Waals surface area contributed by atoms with Crippen molar-refractivity contribution in [3.63, 3.8) is 0 Å². The Hall–Kier alpha value is -3.99.